The van der Waals surface area contributed by atoms with E-state index < -0.39 is 10.2 Å². The lowest BCUT2D eigenvalue weighted by Gasteiger charge is -2.35. The summed E-state index contributed by atoms with van der Waals surface area (Å²) in [5, 5.41) is 0. The number of rotatable bonds is 6. The van der Waals surface area contributed by atoms with E-state index in [-0.39, 0.29) is 37.6 Å². The average molecular weight is 388 g/mol. The monoisotopic (exact) mass is 387 g/mol. The van der Waals surface area contributed by atoms with Gasteiger partial charge in [0.1, 0.15) is 0 Å². The van der Waals surface area contributed by atoms with E-state index in [1.807, 2.05) is 19.9 Å². The van der Waals surface area contributed by atoms with Crippen molar-refractivity contribution >= 4 is 33.2 Å². The summed E-state index contributed by atoms with van der Waals surface area (Å²) in [7, 11) is -0.452. The van der Waals surface area contributed by atoms with Crippen molar-refractivity contribution in [3.05, 3.63) is 21.4 Å². The van der Waals surface area contributed by atoms with Crippen LogP contribution in [-0.4, -0.2) is 73.9 Å². The van der Waals surface area contributed by atoms with Crippen LogP contribution in [0.2, 0.25) is 0 Å². The minimum Gasteiger partial charge on any atom is -0.340 e. The number of hydrogen-bond acceptors (Lipinski definition) is 5. The molecule has 1 aliphatic heterocycles. The number of ketones is 1. The summed E-state index contributed by atoms with van der Waals surface area (Å²) >= 11 is 1.58. The van der Waals surface area contributed by atoms with Crippen LogP contribution in [0.25, 0.3) is 0 Å². The number of amides is 1. The van der Waals surface area contributed by atoms with E-state index in [1.165, 1.54) is 22.7 Å². The molecular formula is C16H25N3O4S2. The van der Waals surface area contributed by atoms with E-state index in [9.17, 15) is 18.0 Å². The van der Waals surface area contributed by atoms with Gasteiger partial charge in [-0.25, -0.2) is 0 Å². The Morgan fingerprint density at radius 1 is 1.12 bits per heavy atom. The van der Waals surface area contributed by atoms with Crippen molar-refractivity contribution < 1.29 is 18.0 Å². The largest absolute Gasteiger partial charge is 0.340 e. The van der Waals surface area contributed by atoms with E-state index >= 15 is 0 Å². The minimum atomic E-state index is -3.44. The van der Waals surface area contributed by atoms with E-state index in [2.05, 4.69) is 0 Å². The van der Waals surface area contributed by atoms with E-state index in [4.69, 9.17) is 0 Å². The highest BCUT2D eigenvalue weighted by molar-refractivity contribution is 7.86. The highest BCUT2D eigenvalue weighted by Crippen LogP contribution is 2.22. The number of nitrogens with zero attached hydrogens (tertiary/aromatic N) is 3. The van der Waals surface area contributed by atoms with Gasteiger partial charge in [-0.3, -0.25) is 9.59 Å². The molecule has 1 aromatic heterocycles. The lowest BCUT2D eigenvalue weighted by molar-refractivity contribution is -0.132. The lowest BCUT2D eigenvalue weighted by atomic mass is 10.1. The Balaban J connectivity index is 1.85. The van der Waals surface area contributed by atoms with Gasteiger partial charge in [-0.1, -0.05) is 0 Å². The molecule has 0 unspecified atom stereocenters. The minimum absolute atomic E-state index is 0.0102. The van der Waals surface area contributed by atoms with Gasteiger partial charge in [0.25, 0.3) is 10.2 Å². The van der Waals surface area contributed by atoms with Gasteiger partial charge in [-0.05, 0) is 19.9 Å². The molecule has 1 fully saturated rings. The van der Waals surface area contributed by atoms with Crippen LogP contribution in [-0.2, 0) is 15.0 Å². The van der Waals surface area contributed by atoms with Gasteiger partial charge in [0.2, 0.25) is 5.91 Å². The van der Waals surface area contributed by atoms with Gasteiger partial charge < -0.3 is 4.90 Å². The molecule has 7 nitrogen and oxygen atoms in total. The van der Waals surface area contributed by atoms with Gasteiger partial charge in [-0.2, -0.15) is 17.0 Å². The summed E-state index contributed by atoms with van der Waals surface area (Å²) < 4.78 is 26.7. The fourth-order valence-electron chi connectivity index (χ4n) is 2.82. The third-order valence-corrected chi connectivity index (χ3v) is 7.19. The van der Waals surface area contributed by atoms with Gasteiger partial charge in [0, 0.05) is 68.4 Å². The average Bonchev–Trinajstić information content (AvgIpc) is 2.90. The van der Waals surface area contributed by atoms with Crippen LogP contribution in [0.3, 0.4) is 0 Å². The molecule has 1 amide bonds. The Kier molecular flexibility index (Phi) is 6.36. The molecule has 0 atom stereocenters. The summed E-state index contributed by atoms with van der Waals surface area (Å²) in [4.78, 5) is 28.3. The van der Waals surface area contributed by atoms with Gasteiger partial charge in [0.05, 0.1) is 0 Å². The summed E-state index contributed by atoms with van der Waals surface area (Å²) in [6.45, 7) is 5.15. The maximum absolute atomic E-state index is 12.3. The van der Waals surface area contributed by atoms with Crippen molar-refractivity contribution in [1.82, 2.24) is 13.5 Å². The maximum Gasteiger partial charge on any atom is 0.281 e. The fraction of sp³-hybridized carbons (Fsp3) is 0.625. The van der Waals surface area contributed by atoms with Crippen LogP contribution in [0.15, 0.2) is 6.07 Å². The van der Waals surface area contributed by atoms with Crippen LogP contribution < -0.4 is 0 Å². The Bertz CT molecular complexity index is 747. The predicted molar refractivity (Wildman–Crippen MR) is 98.1 cm³/mol. The molecular weight excluding hydrogens is 362 g/mol. The van der Waals surface area contributed by atoms with E-state index in [1.54, 1.807) is 16.2 Å². The quantitative estimate of drug-likeness (QED) is 0.689. The summed E-state index contributed by atoms with van der Waals surface area (Å²) in [6.07, 6.45) is 0.347. The number of thiophene rings is 1. The first kappa shape index (κ1) is 20.0. The van der Waals surface area contributed by atoms with E-state index in [0.717, 1.165) is 9.75 Å². The van der Waals surface area contributed by atoms with Crippen molar-refractivity contribution in [2.24, 2.45) is 0 Å². The molecule has 0 aliphatic carbocycles. The van der Waals surface area contributed by atoms with Crippen molar-refractivity contribution in [2.45, 2.75) is 26.7 Å². The third kappa shape index (κ3) is 4.66. The standard InChI is InChI=1S/C16H25N3O4S2/c1-12-11-14(13(2)24-12)15(20)5-6-16(21)18-7-9-19(10-8-18)25(22,23)17(3)4/h11H,5-10H2,1-4H3. The molecule has 0 aromatic carbocycles. The van der Waals surface area contributed by atoms with Crippen molar-refractivity contribution in [3.63, 3.8) is 0 Å². The fourth-order valence-corrected chi connectivity index (χ4v) is 4.85. The third-order valence-electron chi connectivity index (χ3n) is 4.29. The highest BCUT2D eigenvalue weighted by Gasteiger charge is 2.30. The molecule has 0 bridgehead atoms. The molecule has 1 saturated heterocycles. The number of Topliss-reactive ketones (excluding diaryl/α,β-unsaturated/α-hetero) is 1. The maximum atomic E-state index is 12.3. The molecule has 0 spiro atoms. The van der Waals surface area contributed by atoms with Crippen molar-refractivity contribution in [1.29, 1.82) is 0 Å². The zero-order valence-electron chi connectivity index (χ0n) is 15.1. The second-order valence-electron chi connectivity index (χ2n) is 6.32. The normalized spacial score (nSPS) is 16.4. The van der Waals surface area contributed by atoms with E-state index in [0.29, 0.717) is 18.7 Å². The van der Waals surface area contributed by atoms with Crippen molar-refractivity contribution in [2.75, 3.05) is 40.3 Å². The van der Waals surface area contributed by atoms with Crippen LogP contribution in [0.1, 0.15) is 33.0 Å². The zero-order chi connectivity index (χ0) is 18.8. The number of piperazine rings is 1. The number of carbonyl (C=O) groups excluding carboxylic acids is 2. The highest BCUT2D eigenvalue weighted by atomic mass is 32.2. The second-order valence-corrected chi connectivity index (χ2v) is 9.92. The first-order chi connectivity index (χ1) is 11.6. The Morgan fingerprint density at radius 3 is 2.20 bits per heavy atom. The molecule has 140 valence electrons. The van der Waals surface area contributed by atoms with Gasteiger partial charge >= 0.3 is 0 Å². The zero-order valence-corrected chi connectivity index (χ0v) is 16.7. The number of hydrogen-bond donors (Lipinski definition) is 0. The van der Waals surface area contributed by atoms with Gasteiger partial charge in [-0.15, -0.1) is 11.3 Å². The smallest absolute Gasteiger partial charge is 0.281 e. The topological polar surface area (TPSA) is 78.0 Å². The Labute approximate surface area is 153 Å². The second kappa shape index (κ2) is 7.94. The van der Waals surface area contributed by atoms with Crippen LogP contribution >= 0.6 is 11.3 Å². The lowest BCUT2D eigenvalue weighted by Crippen LogP contribution is -2.53. The number of carbonyl (C=O) groups is 2. The summed E-state index contributed by atoms with van der Waals surface area (Å²) in [5.41, 5.74) is 0.706. The summed E-state index contributed by atoms with van der Waals surface area (Å²) in [6, 6.07) is 1.87. The molecule has 0 saturated carbocycles. The molecule has 1 aliphatic rings. The molecule has 0 radical (unpaired) electrons. The first-order valence-electron chi connectivity index (χ1n) is 8.18. The SMILES string of the molecule is Cc1cc(C(=O)CCC(=O)N2CCN(S(=O)(=O)N(C)C)CC2)c(C)s1. The van der Waals surface area contributed by atoms with Crippen LogP contribution in [0.5, 0.6) is 0 Å². The molecule has 9 heteroatoms. The van der Waals surface area contributed by atoms with Crippen LogP contribution in [0.4, 0.5) is 0 Å². The van der Waals surface area contributed by atoms with Crippen molar-refractivity contribution in [3.8, 4) is 0 Å². The van der Waals surface area contributed by atoms with Crippen LogP contribution in [0, 0.1) is 13.8 Å². The molecule has 0 N–H and O–H groups in total. The van der Waals surface area contributed by atoms with Gasteiger partial charge in [0.15, 0.2) is 5.78 Å². The molecule has 2 heterocycles. The summed E-state index contributed by atoms with van der Waals surface area (Å²) in [5.74, 6) is -0.108. The number of aryl methyl sites for hydroxylation is 2. The molecule has 2 rings (SSSR count). The predicted octanol–water partition coefficient (Wildman–Crippen LogP) is 1.28. The molecule has 25 heavy (non-hydrogen) atoms. The Hall–Kier alpha value is -1.29. The Morgan fingerprint density at radius 2 is 1.72 bits per heavy atom. The molecule has 1 aromatic rings. The first-order valence-corrected chi connectivity index (χ1v) is 10.4.